The van der Waals surface area contributed by atoms with Gasteiger partial charge in [0.2, 0.25) is 0 Å². The molecule has 1 aromatic carbocycles. The van der Waals surface area contributed by atoms with Crippen LogP contribution in [0.5, 0.6) is 11.5 Å². The van der Waals surface area contributed by atoms with Gasteiger partial charge in [0.25, 0.3) is 5.91 Å². The van der Waals surface area contributed by atoms with E-state index in [1.54, 1.807) is 18.2 Å². The van der Waals surface area contributed by atoms with Crippen molar-refractivity contribution in [1.82, 2.24) is 5.32 Å². The molecule has 0 aliphatic heterocycles. The highest BCUT2D eigenvalue weighted by Gasteiger charge is 2.12. The van der Waals surface area contributed by atoms with Gasteiger partial charge in [-0.15, -0.1) is 0 Å². The summed E-state index contributed by atoms with van der Waals surface area (Å²) in [7, 11) is 1.44. The van der Waals surface area contributed by atoms with Gasteiger partial charge in [0, 0.05) is 13.0 Å². The van der Waals surface area contributed by atoms with Crippen molar-refractivity contribution in [2.24, 2.45) is 0 Å². The third kappa shape index (κ3) is 4.94. The van der Waals surface area contributed by atoms with Crippen LogP contribution in [-0.4, -0.2) is 25.0 Å². The Morgan fingerprint density at radius 3 is 2.50 bits per heavy atom. The zero-order chi connectivity index (χ0) is 16.7. The van der Waals surface area contributed by atoms with Crippen molar-refractivity contribution in [3.8, 4) is 17.6 Å². The topological polar surface area (TPSA) is 88.4 Å². The number of ether oxygens (including phenoxy) is 2. The van der Waals surface area contributed by atoms with Crippen LogP contribution in [0.1, 0.15) is 26.3 Å². The molecule has 116 valence electrons. The van der Waals surface area contributed by atoms with Crippen LogP contribution in [-0.2, 0) is 9.59 Å². The predicted molar refractivity (Wildman–Crippen MR) is 81.2 cm³/mol. The van der Waals surface area contributed by atoms with Crippen LogP contribution in [0, 0.1) is 11.3 Å². The standard InChI is InChI=1S/C16H18N2O4/c1-10(2)18-16(20)13(9-17)7-12-5-6-14(22-11(3)19)15(8-12)21-4/h5-8,10H,1-4H3,(H,18,20)/b13-7-. The van der Waals surface area contributed by atoms with E-state index >= 15 is 0 Å². The Labute approximate surface area is 129 Å². The molecule has 1 amide bonds. The fourth-order valence-corrected chi connectivity index (χ4v) is 1.67. The maximum Gasteiger partial charge on any atom is 0.308 e. The molecule has 6 nitrogen and oxygen atoms in total. The maximum absolute atomic E-state index is 11.9. The molecule has 0 unspecified atom stereocenters. The Morgan fingerprint density at radius 1 is 1.32 bits per heavy atom. The third-order valence-corrected chi connectivity index (χ3v) is 2.54. The molecule has 0 aliphatic rings. The predicted octanol–water partition coefficient (Wildman–Crippen LogP) is 2.05. The first-order valence-corrected chi connectivity index (χ1v) is 6.66. The summed E-state index contributed by atoms with van der Waals surface area (Å²) in [6.07, 6.45) is 1.44. The van der Waals surface area contributed by atoms with Gasteiger partial charge >= 0.3 is 5.97 Å². The molecule has 0 saturated heterocycles. The minimum Gasteiger partial charge on any atom is -0.493 e. The summed E-state index contributed by atoms with van der Waals surface area (Å²) in [5.74, 6) is -0.293. The van der Waals surface area contributed by atoms with E-state index in [-0.39, 0.29) is 17.4 Å². The lowest BCUT2D eigenvalue weighted by Crippen LogP contribution is -2.30. The van der Waals surface area contributed by atoms with Crippen molar-refractivity contribution in [3.63, 3.8) is 0 Å². The third-order valence-electron chi connectivity index (χ3n) is 2.54. The first kappa shape index (κ1) is 17.2. The van der Waals surface area contributed by atoms with Gasteiger partial charge in [-0.05, 0) is 37.6 Å². The average Bonchev–Trinajstić information content (AvgIpc) is 2.44. The number of nitrogens with one attached hydrogen (secondary N) is 1. The summed E-state index contributed by atoms with van der Waals surface area (Å²) >= 11 is 0. The average molecular weight is 302 g/mol. The van der Waals surface area contributed by atoms with Gasteiger partial charge in [0.05, 0.1) is 7.11 Å². The molecule has 0 radical (unpaired) electrons. The Bertz CT molecular complexity index is 642. The number of nitriles is 1. The largest absolute Gasteiger partial charge is 0.493 e. The highest BCUT2D eigenvalue weighted by molar-refractivity contribution is 6.01. The molecule has 0 spiro atoms. The van der Waals surface area contributed by atoms with E-state index < -0.39 is 11.9 Å². The molecule has 1 rings (SSSR count). The molecular weight excluding hydrogens is 284 g/mol. The van der Waals surface area contributed by atoms with Crippen molar-refractivity contribution in [1.29, 1.82) is 5.26 Å². The van der Waals surface area contributed by atoms with Crippen LogP contribution >= 0.6 is 0 Å². The number of carbonyl (C=O) groups is 2. The fourth-order valence-electron chi connectivity index (χ4n) is 1.67. The maximum atomic E-state index is 11.9. The zero-order valence-electron chi connectivity index (χ0n) is 13.0. The minimum atomic E-state index is -0.462. The van der Waals surface area contributed by atoms with E-state index in [0.29, 0.717) is 11.3 Å². The van der Waals surface area contributed by atoms with Gasteiger partial charge in [-0.3, -0.25) is 9.59 Å². The summed E-state index contributed by atoms with van der Waals surface area (Å²) in [4.78, 5) is 22.9. The highest BCUT2D eigenvalue weighted by atomic mass is 16.6. The van der Waals surface area contributed by atoms with Gasteiger partial charge in [0.15, 0.2) is 11.5 Å². The summed E-state index contributed by atoms with van der Waals surface area (Å²) in [6, 6.07) is 6.55. The van der Waals surface area contributed by atoms with Gasteiger partial charge in [-0.1, -0.05) is 6.07 Å². The molecule has 1 aromatic rings. The zero-order valence-corrected chi connectivity index (χ0v) is 13.0. The number of benzene rings is 1. The molecule has 22 heavy (non-hydrogen) atoms. The van der Waals surface area contributed by atoms with E-state index in [4.69, 9.17) is 14.7 Å². The number of methoxy groups -OCH3 is 1. The van der Waals surface area contributed by atoms with Gasteiger partial charge in [-0.2, -0.15) is 5.26 Å². The van der Waals surface area contributed by atoms with Gasteiger partial charge in [0.1, 0.15) is 11.6 Å². The normalized spacial score (nSPS) is 10.8. The molecule has 0 atom stereocenters. The molecule has 0 saturated carbocycles. The lowest BCUT2D eigenvalue weighted by Gasteiger charge is -2.09. The number of amides is 1. The Morgan fingerprint density at radius 2 is 2.00 bits per heavy atom. The molecule has 0 aromatic heterocycles. The number of esters is 1. The Hall–Kier alpha value is -2.81. The van der Waals surface area contributed by atoms with E-state index in [0.717, 1.165) is 0 Å². The summed E-state index contributed by atoms with van der Waals surface area (Å²) in [6.45, 7) is 4.91. The Kier molecular flexibility index (Phi) is 6.14. The van der Waals surface area contributed by atoms with Gasteiger partial charge in [-0.25, -0.2) is 0 Å². The summed E-state index contributed by atoms with van der Waals surface area (Å²) in [5, 5.41) is 11.7. The molecule has 0 bridgehead atoms. The Balaban J connectivity index is 3.10. The van der Waals surface area contributed by atoms with Crippen molar-refractivity contribution in [2.75, 3.05) is 7.11 Å². The summed E-state index contributed by atoms with van der Waals surface area (Å²) in [5.41, 5.74) is 0.569. The lowest BCUT2D eigenvalue weighted by molar-refractivity contribution is -0.132. The van der Waals surface area contributed by atoms with Crippen LogP contribution in [0.25, 0.3) is 6.08 Å². The number of carbonyl (C=O) groups excluding carboxylic acids is 2. The first-order valence-electron chi connectivity index (χ1n) is 6.66. The monoisotopic (exact) mass is 302 g/mol. The van der Waals surface area contributed by atoms with E-state index in [1.807, 2.05) is 19.9 Å². The number of hydrogen-bond donors (Lipinski definition) is 1. The quantitative estimate of drug-likeness (QED) is 0.389. The minimum absolute atomic E-state index is 0.0176. The smallest absolute Gasteiger partial charge is 0.308 e. The van der Waals surface area contributed by atoms with Crippen LogP contribution in [0.4, 0.5) is 0 Å². The number of nitrogens with zero attached hydrogens (tertiary/aromatic N) is 1. The van der Waals surface area contributed by atoms with E-state index in [2.05, 4.69) is 5.32 Å². The summed E-state index contributed by atoms with van der Waals surface area (Å²) < 4.78 is 10.1. The second kappa shape index (κ2) is 7.84. The fraction of sp³-hybridized carbons (Fsp3) is 0.312. The van der Waals surface area contributed by atoms with Crippen LogP contribution in [0.2, 0.25) is 0 Å². The van der Waals surface area contributed by atoms with Crippen LogP contribution < -0.4 is 14.8 Å². The van der Waals surface area contributed by atoms with E-state index in [1.165, 1.54) is 20.1 Å². The molecule has 6 heteroatoms. The highest BCUT2D eigenvalue weighted by Crippen LogP contribution is 2.29. The van der Waals surface area contributed by atoms with Crippen molar-refractivity contribution in [2.45, 2.75) is 26.8 Å². The second-order valence-electron chi connectivity index (χ2n) is 4.80. The molecular formula is C16H18N2O4. The van der Waals surface area contributed by atoms with Crippen LogP contribution in [0.15, 0.2) is 23.8 Å². The molecule has 0 fully saturated rings. The molecule has 0 aliphatic carbocycles. The van der Waals surface area contributed by atoms with Crippen LogP contribution in [0.3, 0.4) is 0 Å². The number of hydrogen-bond acceptors (Lipinski definition) is 5. The van der Waals surface area contributed by atoms with E-state index in [9.17, 15) is 9.59 Å². The first-order chi connectivity index (χ1) is 10.4. The van der Waals surface area contributed by atoms with Crippen molar-refractivity contribution < 1.29 is 19.1 Å². The van der Waals surface area contributed by atoms with Crippen molar-refractivity contribution >= 4 is 18.0 Å². The van der Waals surface area contributed by atoms with Crippen molar-refractivity contribution in [3.05, 3.63) is 29.3 Å². The molecule has 1 N–H and O–H groups in total. The lowest BCUT2D eigenvalue weighted by atomic mass is 10.1. The SMILES string of the molecule is COc1cc(/C=C(/C#N)C(=O)NC(C)C)ccc1OC(C)=O. The molecule has 0 heterocycles. The van der Waals surface area contributed by atoms with Gasteiger partial charge < -0.3 is 14.8 Å². The second-order valence-corrected chi connectivity index (χ2v) is 4.80. The number of rotatable bonds is 5.